The molecule has 12 heteroatoms. The fraction of sp³-hybridized carbons (Fsp3) is 0.450. The molecule has 0 bridgehead atoms. The van der Waals surface area contributed by atoms with Crippen molar-refractivity contribution in [3.63, 3.8) is 0 Å². The number of pyridine rings is 1. The molecule has 3 aromatic heterocycles. The highest BCUT2D eigenvalue weighted by Crippen LogP contribution is 2.28. The number of nitrogens with zero attached hydrogens (tertiary/aromatic N) is 5. The van der Waals surface area contributed by atoms with Crippen LogP contribution in [0.4, 0.5) is 14.6 Å². The zero-order valence-electron chi connectivity index (χ0n) is 18.0. The molecule has 3 heterocycles. The minimum absolute atomic E-state index is 0.127. The number of aliphatic hydroxyl groups excluding tert-OH is 1. The number of aromatic nitrogens is 4. The van der Waals surface area contributed by atoms with Crippen molar-refractivity contribution in [1.82, 2.24) is 24.1 Å². The lowest BCUT2D eigenvalue weighted by Crippen LogP contribution is -2.36. The van der Waals surface area contributed by atoms with E-state index in [9.17, 15) is 22.3 Å². The molecule has 174 valence electrons. The number of hydrogen-bond acceptors (Lipinski definition) is 7. The van der Waals surface area contributed by atoms with Gasteiger partial charge in [-0.3, -0.25) is 4.40 Å². The van der Waals surface area contributed by atoms with Gasteiger partial charge < -0.3 is 10.0 Å². The number of alkyl halides is 2. The van der Waals surface area contributed by atoms with Crippen molar-refractivity contribution in [1.29, 1.82) is 0 Å². The maximum absolute atomic E-state index is 13.8. The molecule has 0 spiro atoms. The van der Waals surface area contributed by atoms with E-state index in [1.807, 2.05) is 0 Å². The maximum atomic E-state index is 13.8. The third-order valence-electron chi connectivity index (χ3n) is 4.82. The highest BCUT2D eigenvalue weighted by molar-refractivity contribution is 7.88. The highest BCUT2D eigenvalue weighted by Gasteiger charge is 2.25. The number of imidazole rings is 1. The van der Waals surface area contributed by atoms with Crippen LogP contribution < -0.4 is 9.62 Å². The van der Waals surface area contributed by atoms with Gasteiger partial charge in [-0.25, -0.2) is 36.9 Å². The summed E-state index contributed by atoms with van der Waals surface area (Å²) in [6.07, 6.45) is 5.95. The van der Waals surface area contributed by atoms with Gasteiger partial charge in [0.25, 0.3) is 5.92 Å². The average Bonchev–Trinajstić information content (AvgIpc) is 3.12. The van der Waals surface area contributed by atoms with E-state index < -0.39 is 15.9 Å². The molecular weight excluding hydrogens is 442 g/mol. The van der Waals surface area contributed by atoms with Crippen LogP contribution in [0.25, 0.3) is 17.2 Å². The summed E-state index contributed by atoms with van der Waals surface area (Å²) in [5.41, 5.74) is 0.772. The minimum Gasteiger partial charge on any atom is -0.395 e. The van der Waals surface area contributed by atoms with Gasteiger partial charge in [0, 0.05) is 44.0 Å². The fourth-order valence-electron chi connectivity index (χ4n) is 3.29. The Balaban J connectivity index is 1.89. The monoisotopic (exact) mass is 468 g/mol. The number of rotatable bonds is 10. The summed E-state index contributed by atoms with van der Waals surface area (Å²) in [5.74, 6) is -2.20. The van der Waals surface area contributed by atoms with E-state index in [-0.39, 0.29) is 30.6 Å². The number of sulfonamides is 1. The second-order valence-corrected chi connectivity index (χ2v) is 9.49. The van der Waals surface area contributed by atoms with Gasteiger partial charge in [0.1, 0.15) is 17.2 Å². The average molecular weight is 469 g/mol. The molecule has 0 aromatic carbocycles. The second-order valence-electron chi connectivity index (χ2n) is 7.71. The van der Waals surface area contributed by atoms with E-state index in [0.29, 0.717) is 30.1 Å². The lowest BCUT2D eigenvalue weighted by atomic mass is 10.2. The van der Waals surface area contributed by atoms with E-state index in [1.165, 1.54) is 35.1 Å². The maximum Gasteiger partial charge on any atom is 0.271 e. The Bertz CT molecular complexity index is 1180. The first-order valence-electron chi connectivity index (χ1n) is 10.00. The van der Waals surface area contributed by atoms with E-state index in [0.717, 1.165) is 13.2 Å². The van der Waals surface area contributed by atoms with Gasteiger partial charge in [-0.05, 0) is 31.5 Å². The zero-order valence-corrected chi connectivity index (χ0v) is 18.9. The summed E-state index contributed by atoms with van der Waals surface area (Å²) in [6.45, 7) is 3.16. The van der Waals surface area contributed by atoms with Crippen LogP contribution in [0, 0.1) is 0 Å². The third kappa shape index (κ3) is 5.96. The molecule has 0 unspecified atom stereocenters. The van der Waals surface area contributed by atoms with Gasteiger partial charge in [-0.15, -0.1) is 0 Å². The van der Waals surface area contributed by atoms with Crippen molar-refractivity contribution in [2.75, 3.05) is 30.9 Å². The molecule has 0 saturated heterocycles. The van der Waals surface area contributed by atoms with E-state index >= 15 is 0 Å². The Morgan fingerprint density at radius 2 is 2.00 bits per heavy atom. The molecule has 1 atom stereocenters. The molecule has 0 fully saturated rings. The van der Waals surface area contributed by atoms with Crippen molar-refractivity contribution >= 4 is 21.5 Å². The van der Waals surface area contributed by atoms with E-state index in [4.69, 9.17) is 0 Å². The second kappa shape index (κ2) is 9.43. The number of aliphatic hydroxyl groups is 1. The molecule has 2 N–H and O–H groups in total. The van der Waals surface area contributed by atoms with E-state index in [1.54, 1.807) is 17.9 Å². The molecule has 3 aromatic rings. The van der Waals surface area contributed by atoms with Crippen LogP contribution in [0.15, 0.2) is 36.8 Å². The van der Waals surface area contributed by atoms with Crippen LogP contribution in [-0.4, -0.2) is 64.9 Å². The molecule has 0 saturated carbocycles. The Kier molecular flexibility index (Phi) is 7.06. The molecule has 3 rings (SSSR count). The Morgan fingerprint density at radius 1 is 1.25 bits per heavy atom. The van der Waals surface area contributed by atoms with Crippen molar-refractivity contribution in [3.05, 3.63) is 42.4 Å². The van der Waals surface area contributed by atoms with Crippen molar-refractivity contribution in [3.8, 4) is 11.5 Å². The number of fused-ring (bicyclic) bond motifs is 1. The summed E-state index contributed by atoms with van der Waals surface area (Å²) < 4.78 is 54.4. The Morgan fingerprint density at radius 3 is 2.66 bits per heavy atom. The molecule has 9 nitrogen and oxygen atoms in total. The van der Waals surface area contributed by atoms with Gasteiger partial charge in [-0.1, -0.05) is 0 Å². The summed E-state index contributed by atoms with van der Waals surface area (Å²) in [7, 11) is -3.33. The summed E-state index contributed by atoms with van der Waals surface area (Å²) >= 11 is 0. The van der Waals surface area contributed by atoms with Gasteiger partial charge >= 0.3 is 0 Å². The predicted octanol–water partition coefficient (Wildman–Crippen LogP) is 2.03. The number of anilines is 1. The van der Waals surface area contributed by atoms with Gasteiger partial charge in [0.15, 0.2) is 5.82 Å². The molecule has 0 aliphatic heterocycles. The van der Waals surface area contributed by atoms with Crippen LogP contribution in [0.3, 0.4) is 0 Å². The number of nitrogens with one attached hydrogen (secondary N) is 1. The molecule has 0 radical (unpaired) electrons. The predicted molar refractivity (Wildman–Crippen MR) is 117 cm³/mol. The first-order chi connectivity index (χ1) is 15.0. The van der Waals surface area contributed by atoms with Crippen LogP contribution in [-0.2, 0) is 15.9 Å². The van der Waals surface area contributed by atoms with Gasteiger partial charge in [0.2, 0.25) is 10.0 Å². The largest absolute Gasteiger partial charge is 0.395 e. The van der Waals surface area contributed by atoms with Crippen molar-refractivity contribution < 1.29 is 22.3 Å². The third-order valence-corrected chi connectivity index (χ3v) is 5.65. The Labute approximate surface area is 185 Å². The fourth-order valence-corrected chi connectivity index (χ4v) is 4.14. The summed E-state index contributed by atoms with van der Waals surface area (Å²) in [5, 5.41) is 9.47. The van der Waals surface area contributed by atoms with Crippen LogP contribution in [0.1, 0.15) is 25.8 Å². The number of halogens is 2. The molecule has 32 heavy (non-hydrogen) atoms. The topological polar surface area (TPSA) is 113 Å². The van der Waals surface area contributed by atoms with Crippen LogP contribution >= 0.6 is 0 Å². The number of hydrogen-bond donors (Lipinski definition) is 2. The first kappa shape index (κ1) is 24.0. The molecule has 0 amide bonds. The minimum atomic E-state index is -3.33. The molecule has 0 aliphatic rings. The van der Waals surface area contributed by atoms with Crippen molar-refractivity contribution in [2.24, 2.45) is 0 Å². The van der Waals surface area contributed by atoms with Gasteiger partial charge in [0.05, 0.1) is 19.1 Å². The zero-order chi connectivity index (χ0) is 23.5. The standard InChI is InChI=1S/C20H26F2N6O3S/c1-14(26-32(3,30)31)7-9-27(10-11-29)18-6-8-23-19(25-18)16-12-24-17-5-4-15(13-28(16)17)20(2,21)22/h4-6,8,12-14,26,29H,7,9-11H2,1-3H3/t14-/m0/s1. The lowest BCUT2D eigenvalue weighted by Gasteiger charge is -2.24. The molecule has 0 aliphatic carbocycles. The SMILES string of the molecule is C[C@@H](CCN(CCO)c1ccnc(-c2cnc3ccc(C(C)(F)F)cn23)n1)NS(C)(=O)=O. The highest BCUT2D eigenvalue weighted by atomic mass is 32.2. The smallest absolute Gasteiger partial charge is 0.271 e. The summed E-state index contributed by atoms with van der Waals surface area (Å²) in [6, 6.07) is 4.20. The van der Waals surface area contributed by atoms with Gasteiger partial charge in [-0.2, -0.15) is 0 Å². The van der Waals surface area contributed by atoms with Crippen LogP contribution in [0.5, 0.6) is 0 Å². The molecular formula is C20H26F2N6O3S. The first-order valence-corrected chi connectivity index (χ1v) is 11.9. The normalized spacial score (nSPS) is 13.4. The summed E-state index contributed by atoms with van der Waals surface area (Å²) in [4.78, 5) is 14.9. The Hall–Kier alpha value is -2.70. The van der Waals surface area contributed by atoms with E-state index in [2.05, 4.69) is 19.7 Å². The van der Waals surface area contributed by atoms with Crippen LogP contribution in [0.2, 0.25) is 0 Å². The quantitative estimate of drug-likeness (QED) is 0.468. The van der Waals surface area contributed by atoms with Crippen molar-refractivity contribution in [2.45, 2.75) is 32.2 Å². The lowest BCUT2D eigenvalue weighted by molar-refractivity contribution is 0.0170.